The maximum atomic E-state index is 13.7. The maximum Gasteiger partial charge on any atom is 0.439 e. The summed E-state index contributed by atoms with van der Waals surface area (Å²) in [5, 5.41) is 7.67. The Kier molecular flexibility index (Phi) is 7.12. The Balaban J connectivity index is 1.48. The highest BCUT2D eigenvalue weighted by Gasteiger charge is 2.18. The van der Waals surface area contributed by atoms with Gasteiger partial charge in [0.05, 0.1) is 13.0 Å². The van der Waals surface area contributed by atoms with Crippen LogP contribution in [-0.2, 0) is 19.4 Å². The first-order chi connectivity index (χ1) is 18.4. The lowest BCUT2D eigenvalue weighted by Crippen LogP contribution is -2.30. The largest absolute Gasteiger partial charge is 0.439 e. The average Bonchev–Trinajstić information content (AvgIpc) is 3.55. The first kappa shape index (κ1) is 25.1. The topological polar surface area (TPSA) is 133 Å². The number of aryl methyl sites for hydroxylation is 3. The number of unbranched alkanes of at least 4 members (excludes halogenated alkanes) is 1. The molecule has 0 unspecified atom stereocenters. The van der Waals surface area contributed by atoms with Gasteiger partial charge in [0, 0.05) is 23.2 Å². The van der Waals surface area contributed by atoms with Gasteiger partial charge in [0.1, 0.15) is 5.82 Å². The molecule has 1 N–H and O–H groups in total. The van der Waals surface area contributed by atoms with Crippen molar-refractivity contribution in [2.24, 2.45) is 0 Å². The monoisotopic (exact) mass is 512 g/mol. The van der Waals surface area contributed by atoms with E-state index in [2.05, 4.69) is 31.7 Å². The predicted molar refractivity (Wildman–Crippen MR) is 141 cm³/mol. The van der Waals surface area contributed by atoms with Crippen molar-refractivity contribution in [2.45, 2.75) is 53.0 Å². The first-order valence-corrected chi connectivity index (χ1v) is 12.6. The molecule has 10 heteroatoms. The molecule has 0 atom stereocenters. The van der Waals surface area contributed by atoms with Crippen molar-refractivity contribution in [1.82, 2.24) is 29.8 Å². The second kappa shape index (κ2) is 10.8. The third-order valence-corrected chi connectivity index (χ3v) is 6.43. The van der Waals surface area contributed by atoms with Crippen LogP contribution in [0.5, 0.6) is 0 Å². The van der Waals surface area contributed by atoms with E-state index in [4.69, 9.17) is 9.51 Å². The van der Waals surface area contributed by atoms with Crippen LogP contribution < -0.4 is 11.3 Å². The summed E-state index contributed by atoms with van der Waals surface area (Å²) in [4.78, 5) is 36.8. The van der Waals surface area contributed by atoms with Crippen LogP contribution in [0.2, 0.25) is 0 Å². The summed E-state index contributed by atoms with van der Waals surface area (Å²) < 4.78 is 11.7. The second-order valence-corrected chi connectivity index (χ2v) is 9.19. The molecule has 0 spiro atoms. The molecule has 194 valence electrons. The summed E-state index contributed by atoms with van der Waals surface area (Å²) in [5.41, 5.74) is 4.72. The van der Waals surface area contributed by atoms with Gasteiger partial charge >= 0.3 is 5.76 Å². The number of nitrogens with one attached hydrogen (secondary N) is 1. The molecule has 10 nitrogen and oxygen atoms in total. The van der Waals surface area contributed by atoms with E-state index in [9.17, 15) is 9.59 Å². The number of aromatic nitrogens is 6. The van der Waals surface area contributed by atoms with Crippen molar-refractivity contribution in [3.63, 3.8) is 0 Å². The Morgan fingerprint density at radius 3 is 2.34 bits per heavy atom. The number of benzene rings is 2. The fourth-order valence-corrected chi connectivity index (χ4v) is 4.47. The number of aromatic amines is 1. The molecular formula is C28H28N6O4. The van der Waals surface area contributed by atoms with Gasteiger partial charge in [0.15, 0.2) is 11.6 Å². The molecule has 3 aromatic heterocycles. The predicted octanol–water partition coefficient (Wildman–Crippen LogP) is 4.24. The van der Waals surface area contributed by atoms with Gasteiger partial charge in [-0.15, -0.1) is 0 Å². The zero-order chi connectivity index (χ0) is 26.6. The third-order valence-electron chi connectivity index (χ3n) is 6.43. The molecule has 0 bridgehead atoms. The normalized spacial score (nSPS) is 11.2. The van der Waals surface area contributed by atoms with E-state index in [1.807, 2.05) is 55.5 Å². The molecule has 0 amide bonds. The molecular weight excluding hydrogens is 484 g/mol. The van der Waals surface area contributed by atoms with Gasteiger partial charge in [-0.2, -0.15) is 4.98 Å². The van der Waals surface area contributed by atoms with Gasteiger partial charge in [-0.3, -0.25) is 18.9 Å². The third kappa shape index (κ3) is 5.24. The molecule has 0 aliphatic heterocycles. The lowest BCUT2D eigenvalue weighted by Gasteiger charge is -2.16. The van der Waals surface area contributed by atoms with Crippen molar-refractivity contribution in [1.29, 1.82) is 0 Å². The van der Waals surface area contributed by atoms with Gasteiger partial charge in [-0.25, -0.2) is 9.78 Å². The molecule has 38 heavy (non-hydrogen) atoms. The number of hydrogen-bond donors (Lipinski definition) is 1. The maximum absolute atomic E-state index is 13.7. The van der Waals surface area contributed by atoms with Crippen LogP contribution in [0, 0.1) is 13.8 Å². The average molecular weight is 513 g/mol. The van der Waals surface area contributed by atoms with Crippen LogP contribution >= 0.6 is 0 Å². The van der Waals surface area contributed by atoms with Crippen LogP contribution in [0.4, 0.5) is 0 Å². The number of hydrogen-bond acceptors (Lipinski definition) is 8. The molecule has 0 radical (unpaired) electrons. The van der Waals surface area contributed by atoms with Crippen LogP contribution in [0.15, 0.2) is 67.2 Å². The Morgan fingerprint density at radius 2 is 1.68 bits per heavy atom. The molecule has 0 aliphatic carbocycles. The standard InChI is InChI=1S/C28H28N6O4/c1-4-5-10-24-29-17(2)23(15-25-30-18(3)32-37-25)27(35)34(24)16-19-11-13-20(14-12-19)21-8-6-7-9-22(21)26-31-28(36)38-33-26/h6-9,11-14H,4-5,10,15-16H2,1-3H3,(H,31,33,36). The highest BCUT2D eigenvalue weighted by Crippen LogP contribution is 2.30. The minimum absolute atomic E-state index is 0.0936. The Morgan fingerprint density at radius 1 is 0.921 bits per heavy atom. The van der Waals surface area contributed by atoms with Crippen LogP contribution in [0.3, 0.4) is 0 Å². The molecule has 0 aliphatic rings. The summed E-state index contributed by atoms with van der Waals surface area (Å²) in [6.07, 6.45) is 2.90. The lowest BCUT2D eigenvalue weighted by atomic mass is 9.98. The zero-order valence-electron chi connectivity index (χ0n) is 21.5. The zero-order valence-corrected chi connectivity index (χ0v) is 21.5. The van der Waals surface area contributed by atoms with Crippen molar-refractivity contribution in [3.8, 4) is 22.5 Å². The Hall–Kier alpha value is -4.60. The summed E-state index contributed by atoms with van der Waals surface area (Å²) in [6, 6.07) is 15.6. The van der Waals surface area contributed by atoms with Crippen LogP contribution in [0.1, 0.15) is 54.1 Å². The van der Waals surface area contributed by atoms with E-state index >= 15 is 0 Å². The van der Waals surface area contributed by atoms with Crippen molar-refractivity contribution in [2.75, 3.05) is 0 Å². The lowest BCUT2D eigenvalue weighted by molar-refractivity contribution is 0.380. The number of rotatable bonds is 9. The van der Waals surface area contributed by atoms with Crippen LogP contribution in [-0.4, -0.2) is 29.8 Å². The fraction of sp³-hybridized carbons (Fsp3) is 0.286. The van der Waals surface area contributed by atoms with E-state index in [1.54, 1.807) is 11.5 Å². The van der Waals surface area contributed by atoms with Gasteiger partial charge in [-0.05, 0) is 37.0 Å². The fourth-order valence-electron chi connectivity index (χ4n) is 4.47. The summed E-state index contributed by atoms with van der Waals surface area (Å²) >= 11 is 0. The molecule has 5 aromatic rings. The molecule has 3 heterocycles. The van der Waals surface area contributed by atoms with Gasteiger partial charge < -0.3 is 4.52 Å². The van der Waals surface area contributed by atoms with Gasteiger partial charge in [0.2, 0.25) is 5.89 Å². The van der Waals surface area contributed by atoms with E-state index in [1.165, 1.54) is 0 Å². The van der Waals surface area contributed by atoms with E-state index in [0.29, 0.717) is 41.8 Å². The highest BCUT2D eigenvalue weighted by atomic mass is 16.5. The second-order valence-electron chi connectivity index (χ2n) is 9.19. The SMILES string of the molecule is CCCCc1nc(C)c(Cc2nc(C)no2)c(=O)n1Cc1ccc(-c2ccccc2-c2noc(=O)[nH]2)cc1. The van der Waals surface area contributed by atoms with Crippen molar-refractivity contribution >= 4 is 0 Å². The molecule has 2 aromatic carbocycles. The van der Waals surface area contributed by atoms with E-state index < -0.39 is 5.76 Å². The Bertz CT molecular complexity index is 1680. The molecule has 0 fully saturated rings. The number of nitrogens with zero attached hydrogens (tertiary/aromatic N) is 5. The summed E-state index contributed by atoms with van der Waals surface area (Å²) in [5.74, 6) is 1.46. The number of H-pyrrole nitrogens is 1. The summed E-state index contributed by atoms with van der Waals surface area (Å²) in [7, 11) is 0. The smallest absolute Gasteiger partial charge is 0.339 e. The van der Waals surface area contributed by atoms with Crippen LogP contribution in [0.25, 0.3) is 22.5 Å². The minimum atomic E-state index is -0.602. The minimum Gasteiger partial charge on any atom is -0.339 e. The van der Waals surface area contributed by atoms with E-state index in [0.717, 1.165) is 40.9 Å². The van der Waals surface area contributed by atoms with Crippen molar-refractivity contribution < 1.29 is 9.05 Å². The highest BCUT2D eigenvalue weighted by molar-refractivity contribution is 5.80. The molecule has 5 rings (SSSR count). The first-order valence-electron chi connectivity index (χ1n) is 12.6. The van der Waals surface area contributed by atoms with Gasteiger partial charge in [-0.1, -0.05) is 72.2 Å². The van der Waals surface area contributed by atoms with Gasteiger partial charge in [0.25, 0.3) is 5.56 Å². The quantitative estimate of drug-likeness (QED) is 0.310. The molecule has 0 saturated carbocycles. The summed E-state index contributed by atoms with van der Waals surface area (Å²) in [6.45, 7) is 6.11. The van der Waals surface area contributed by atoms with Crippen molar-refractivity contribution in [3.05, 3.63) is 104 Å². The van der Waals surface area contributed by atoms with E-state index in [-0.39, 0.29) is 12.0 Å². The molecule has 0 saturated heterocycles. The Labute approximate surface area is 218 Å².